The molecule has 0 bridgehead atoms. The second-order valence-electron chi connectivity index (χ2n) is 3.74. The number of aromatic nitrogens is 2. The Morgan fingerprint density at radius 3 is 2.83 bits per heavy atom. The monoisotopic (exact) mass is 326 g/mol. The summed E-state index contributed by atoms with van der Waals surface area (Å²) in [6.45, 7) is 0.543. The highest BCUT2D eigenvalue weighted by Gasteiger charge is 2.14. The van der Waals surface area contributed by atoms with Crippen LogP contribution in [-0.2, 0) is 6.54 Å². The van der Waals surface area contributed by atoms with E-state index in [4.69, 9.17) is 5.73 Å². The third-order valence-electron chi connectivity index (χ3n) is 2.27. The largest absolute Gasteiger partial charge is 0.382 e. The van der Waals surface area contributed by atoms with Gasteiger partial charge in [-0.1, -0.05) is 0 Å². The first-order chi connectivity index (χ1) is 8.56. The van der Waals surface area contributed by atoms with Crippen molar-refractivity contribution in [3.05, 3.63) is 38.6 Å². The molecule has 18 heavy (non-hydrogen) atoms. The van der Waals surface area contributed by atoms with Gasteiger partial charge in [-0.2, -0.15) is 0 Å². The van der Waals surface area contributed by atoms with E-state index in [9.17, 15) is 4.79 Å². The molecule has 0 spiro atoms. The van der Waals surface area contributed by atoms with Gasteiger partial charge >= 0.3 is 0 Å². The van der Waals surface area contributed by atoms with Crippen LogP contribution in [0.1, 0.15) is 15.4 Å². The number of amides is 1. The van der Waals surface area contributed by atoms with Crippen molar-refractivity contribution >= 4 is 39.0 Å². The lowest BCUT2D eigenvalue weighted by Gasteiger charge is -2.15. The number of halogens is 1. The number of carbonyl (C=O) groups is 1. The average Bonchev–Trinajstić information content (AvgIpc) is 2.75. The van der Waals surface area contributed by atoms with E-state index >= 15 is 0 Å². The Morgan fingerprint density at radius 1 is 1.50 bits per heavy atom. The van der Waals surface area contributed by atoms with Gasteiger partial charge in [0.1, 0.15) is 5.82 Å². The number of hydrogen-bond donors (Lipinski definition) is 1. The average molecular weight is 327 g/mol. The molecule has 0 fully saturated rings. The van der Waals surface area contributed by atoms with Crippen LogP contribution in [0.3, 0.4) is 0 Å². The maximum Gasteiger partial charge on any atom is 0.274 e. The molecule has 0 atom stereocenters. The van der Waals surface area contributed by atoms with Crippen LogP contribution in [0.25, 0.3) is 0 Å². The molecule has 0 aromatic carbocycles. The summed E-state index contributed by atoms with van der Waals surface area (Å²) in [5.74, 6) is 0.128. The van der Waals surface area contributed by atoms with Crippen molar-refractivity contribution < 1.29 is 4.79 Å². The van der Waals surface area contributed by atoms with E-state index in [1.54, 1.807) is 35.4 Å². The molecule has 2 heterocycles. The van der Waals surface area contributed by atoms with Crippen molar-refractivity contribution in [2.45, 2.75) is 6.54 Å². The van der Waals surface area contributed by atoms with Crippen LogP contribution >= 0.6 is 27.3 Å². The zero-order chi connectivity index (χ0) is 13.1. The predicted molar refractivity (Wildman–Crippen MR) is 74.3 cm³/mol. The van der Waals surface area contributed by atoms with Crippen molar-refractivity contribution in [3.8, 4) is 0 Å². The van der Waals surface area contributed by atoms with Gasteiger partial charge in [-0.3, -0.25) is 4.79 Å². The third-order valence-corrected chi connectivity index (χ3v) is 3.95. The van der Waals surface area contributed by atoms with Crippen molar-refractivity contribution in [2.75, 3.05) is 12.8 Å². The van der Waals surface area contributed by atoms with Gasteiger partial charge in [0.25, 0.3) is 5.91 Å². The Bertz CT molecular complexity index is 554. The van der Waals surface area contributed by atoms with Gasteiger partial charge in [0, 0.05) is 21.8 Å². The van der Waals surface area contributed by atoms with Crippen LogP contribution in [0, 0.1) is 0 Å². The van der Waals surface area contributed by atoms with Crippen LogP contribution < -0.4 is 5.73 Å². The van der Waals surface area contributed by atoms with Crippen LogP contribution in [-0.4, -0.2) is 28.1 Å². The molecule has 0 saturated carbocycles. The molecule has 2 N–H and O–H groups in total. The van der Waals surface area contributed by atoms with Crippen LogP contribution in [0.4, 0.5) is 5.82 Å². The minimum absolute atomic E-state index is 0.174. The lowest BCUT2D eigenvalue weighted by molar-refractivity contribution is 0.0779. The molecular formula is C11H11BrN4OS. The molecule has 1 amide bonds. The summed E-state index contributed by atoms with van der Waals surface area (Å²) >= 11 is 4.98. The Labute approximate surface area is 117 Å². The fourth-order valence-corrected chi connectivity index (χ4v) is 2.90. The number of nitrogens with zero attached hydrogens (tertiary/aromatic N) is 3. The summed E-state index contributed by atoms with van der Waals surface area (Å²) in [5.41, 5.74) is 5.72. The summed E-state index contributed by atoms with van der Waals surface area (Å²) < 4.78 is 1.02. The highest BCUT2D eigenvalue weighted by Crippen LogP contribution is 2.21. The first-order valence-electron chi connectivity index (χ1n) is 5.14. The van der Waals surface area contributed by atoms with Crippen LogP contribution in [0.15, 0.2) is 28.1 Å². The quantitative estimate of drug-likeness (QED) is 0.938. The zero-order valence-electron chi connectivity index (χ0n) is 9.63. The van der Waals surface area contributed by atoms with E-state index in [-0.39, 0.29) is 5.91 Å². The van der Waals surface area contributed by atoms with Crippen LogP contribution in [0.5, 0.6) is 0 Å². The summed E-state index contributed by atoms with van der Waals surface area (Å²) in [5, 5.41) is 9.43. The van der Waals surface area contributed by atoms with E-state index < -0.39 is 0 Å². The molecule has 2 rings (SSSR count). The van der Waals surface area contributed by atoms with Gasteiger partial charge in [-0.25, -0.2) is 0 Å². The van der Waals surface area contributed by atoms with E-state index in [0.717, 1.165) is 9.35 Å². The maximum absolute atomic E-state index is 12.0. The van der Waals surface area contributed by atoms with Gasteiger partial charge in [-0.05, 0) is 34.1 Å². The Balaban J connectivity index is 2.07. The number of hydrogen-bond acceptors (Lipinski definition) is 5. The minimum atomic E-state index is -0.174. The first-order valence-corrected chi connectivity index (χ1v) is 6.81. The normalized spacial score (nSPS) is 10.3. The van der Waals surface area contributed by atoms with Crippen molar-refractivity contribution in [3.63, 3.8) is 0 Å². The lowest BCUT2D eigenvalue weighted by atomic mass is 10.3. The van der Waals surface area contributed by atoms with E-state index in [1.807, 2.05) is 11.4 Å². The van der Waals surface area contributed by atoms with Gasteiger partial charge < -0.3 is 10.6 Å². The molecule has 7 heteroatoms. The Hall–Kier alpha value is -1.47. The summed E-state index contributed by atoms with van der Waals surface area (Å²) in [6, 6.07) is 5.13. The fraction of sp³-hybridized carbons (Fsp3) is 0.182. The Kier molecular flexibility index (Phi) is 3.93. The van der Waals surface area contributed by atoms with Crippen molar-refractivity contribution in [2.24, 2.45) is 0 Å². The third kappa shape index (κ3) is 3.05. The molecule has 0 aliphatic rings. The molecule has 0 unspecified atom stereocenters. The van der Waals surface area contributed by atoms with E-state index in [2.05, 4.69) is 26.1 Å². The molecule has 0 aliphatic heterocycles. The second-order valence-corrected chi connectivity index (χ2v) is 5.65. The summed E-state index contributed by atoms with van der Waals surface area (Å²) in [4.78, 5) is 14.7. The smallest absolute Gasteiger partial charge is 0.274 e. The van der Waals surface area contributed by atoms with Gasteiger partial charge in [0.2, 0.25) is 0 Å². The molecule has 5 nitrogen and oxygen atoms in total. The zero-order valence-corrected chi connectivity index (χ0v) is 12.0. The SMILES string of the molecule is CN(Cc1cc(Br)cs1)C(=O)c1ccc(N)nn1. The van der Waals surface area contributed by atoms with Crippen molar-refractivity contribution in [1.29, 1.82) is 0 Å². The number of thiophene rings is 1. The second kappa shape index (κ2) is 5.45. The van der Waals surface area contributed by atoms with Gasteiger partial charge in [0.15, 0.2) is 5.69 Å². The Morgan fingerprint density at radius 2 is 2.28 bits per heavy atom. The first kappa shape index (κ1) is 13.0. The number of rotatable bonds is 3. The molecule has 0 radical (unpaired) electrons. The minimum Gasteiger partial charge on any atom is -0.382 e. The molecule has 94 valence electrons. The van der Waals surface area contributed by atoms with Gasteiger partial charge in [0.05, 0.1) is 6.54 Å². The molecule has 2 aromatic rings. The summed E-state index contributed by atoms with van der Waals surface area (Å²) in [6.07, 6.45) is 0. The van der Waals surface area contributed by atoms with E-state index in [1.165, 1.54) is 0 Å². The number of carbonyl (C=O) groups excluding carboxylic acids is 1. The highest BCUT2D eigenvalue weighted by molar-refractivity contribution is 9.10. The molecule has 0 aliphatic carbocycles. The molecule has 2 aromatic heterocycles. The van der Waals surface area contributed by atoms with Crippen molar-refractivity contribution in [1.82, 2.24) is 15.1 Å². The maximum atomic E-state index is 12.0. The summed E-state index contributed by atoms with van der Waals surface area (Å²) in [7, 11) is 1.73. The molecule has 0 saturated heterocycles. The topological polar surface area (TPSA) is 72.1 Å². The van der Waals surface area contributed by atoms with Crippen LogP contribution in [0.2, 0.25) is 0 Å². The lowest BCUT2D eigenvalue weighted by Crippen LogP contribution is -2.26. The van der Waals surface area contributed by atoms with Gasteiger partial charge in [-0.15, -0.1) is 21.5 Å². The predicted octanol–water partition coefficient (Wildman–Crippen LogP) is 2.15. The standard InChI is InChI=1S/C11H11BrN4OS/c1-16(5-8-4-7(12)6-18-8)11(17)9-2-3-10(13)15-14-9/h2-4,6H,5H2,1H3,(H2,13,15). The fourth-order valence-electron chi connectivity index (χ4n) is 1.39. The number of nitrogen functional groups attached to an aromatic ring is 1. The number of nitrogens with two attached hydrogens (primary N) is 1. The number of anilines is 1. The molecular weight excluding hydrogens is 316 g/mol. The van der Waals surface area contributed by atoms with E-state index in [0.29, 0.717) is 18.1 Å². The highest BCUT2D eigenvalue weighted by atomic mass is 79.9.